The molecule has 2 aliphatic rings. The number of H-pyrrole nitrogens is 1. The average Bonchev–Trinajstić information content (AvgIpc) is 3.47. The molecule has 8 nitrogen and oxygen atoms in total. The number of anilines is 2. The second kappa shape index (κ2) is 11.5. The highest BCUT2D eigenvalue weighted by Crippen LogP contribution is 2.55. The Labute approximate surface area is 261 Å². The molecule has 3 amide bonds. The number of nitrogens with one attached hydrogen (secondary N) is 2. The monoisotopic (exact) mass is 659 g/mol. The Kier molecular flexibility index (Phi) is 7.80. The second-order valence-corrected chi connectivity index (χ2v) is 12.8. The van der Waals surface area contributed by atoms with Gasteiger partial charge >= 0.3 is 11.0 Å². The van der Waals surface area contributed by atoms with E-state index in [9.17, 15) is 32.3 Å². The number of imide groups is 1. The largest absolute Gasteiger partial charge is 0.483 e. The van der Waals surface area contributed by atoms with Crippen molar-refractivity contribution in [2.24, 2.45) is 5.92 Å². The Balaban J connectivity index is 1.38. The molecule has 3 heterocycles. The molecule has 14 heteroatoms. The van der Waals surface area contributed by atoms with Crippen LogP contribution in [0.15, 0.2) is 76.6 Å². The van der Waals surface area contributed by atoms with Gasteiger partial charge in [-0.05, 0) is 49.4 Å². The summed E-state index contributed by atoms with van der Waals surface area (Å²) in [5.41, 5.74) is 0.177. The molecule has 4 aromatic rings. The summed E-state index contributed by atoms with van der Waals surface area (Å²) in [6.07, 6.45) is -4.82. The number of aromatic amines is 1. The maximum absolute atomic E-state index is 14.0. The summed E-state index contributed by atoms with van der Waals surface area (Å²) in [6.45, 7) is 1.49. The second-order valence-electron chi connectivity index (χ2n) is 10.2. The predicted octanol–water partition coefficient (Wildman–Crippen LogP) is 6.23. The van der Waals surface area contributed by atoms with Crippen LogP contribution in [-0.4, -0.2) is 34.6 Å². The van der Waals surface area contributed by atoms with Gasteiger partial charge in [0.05, 0.1) is 22.2 Å². The summed E-state index contributed by atoms with van der Waals surface area (Å²) in [5, 5.41) is 2.14. The van der Waals surface area contributed by atoms with Crippen LogP contribution in [-0.2, 0) is 20.6 Å². The van der Waals surface area contributed by atoms with E-state index >= 15 is 0 Å². The van der Waals surface area contributed by atoms with Crippen molar-refractivity contribution in [3.8, 4) is 5.75 Å². The third kappa shape index (κ3) is 5.51. The van der Waals surface area contributed by atoms with Gasteiger partial charge in [0.2, 0.25) is 11.8 Å². The summed E-state index contributed by atoms with van der Waals surface area (Å²) in [6, 6.07) is 16.0. The number of hydrogen-bond donors (Lipinski definition) is 2. The van der Waals surface area contributed by atoms with Gasteiger partial charge in [0.15, 0.2) is 6.61 Å². The van der Waals surface area contributed by atoms with E-state index in [0.29, 0.717) is 26.1 Å². The lowest BCUT2D eigenvalue weighted by Crippen LogP contribution is -2.33. The van der Waals surface area contributed by atoms with Crippen molar-refractivity contribution in [1.29, 1.82) is 0 Å². The fourth-order valence-electron chi connectivity index (χ4n) is 5.37. The lowest BCUT2D eigenvalue weighted by atomic mass is 9.82. The lowest BCUT2D eigenvalue weighted by molar-refractivity contribution is -0.137. The van der Waals surface area contributed by atoms with Crippen molar-refractivity contribution in [3.63, 3.8) is 0 Å². The first-order valence-corrected chi connectivity index (χ1v) is 15.2. The minimum Gasteiger partial charge on any atom is -0.483 e. The zero-order chi connectivity index (χ0) is 31.3. The van der Waals surface area contributed by atoms with E-state index in [4.69, 9.17) is 16.3 Å². The van der Waals surface area contributed by atoms with Crippen molar-refractivity contribution in [2.75, 3.05) is 16.8 Å². The topological polar surface area (TPSA) is 109 Å². The maximum Gasteiger partial charge on any atom is 0.418 e. The van der Waals surface area contributed by atoms with Gasteiger partial charge in [0.25, 0.3) is 5.91 Å². The molecule has 0 unspecified atom stereocenters. The van der Waals surface area contributed by atoms with Crippen molar-refractivity contribution in [1.82, 2.24) is 4.98 Å². The molecule has 44 heavy (non-hydrogen) atoms. The molecule has 3 aromatic carbocycles. The fraction of sp³-hybridized carbons (Fsp3) is 0.200. The SMILES string of the molecule is Cc1ccc(NC(=O)COc2ccc(Cl)cc2[C@@H]2c3sc(=O)[nH]c3S[C@H]3C(=O)N(c4ccccc4C(F)(F)F)C(=O)[C@@H]23)cc1. The first-order chi connectivity index (χ1) is 20.9. The first kappa shape index (κ1) is 30.0. The quantitative estimate of drug-likeness (QED) is 0.238. The Morgan fingerprint density at radius 1 is 1.05 bits per heavy atom. The van der Waals surface area contributed by atoms with Crippen LogP contribution in [0.25, 0.3) is 0 Å². The number of benzene rings is 3. The minimum absolute atomic E-state index is 0.158. The van der Waals surface area contributed by atoms with Crippen LogP contribution in [0.3, 0.4) is 0 Å². The van der Waals surface area contributed by atoms with Crippen LogP contribution in [0.4, 0.5) is 24.5 Å². The standard InChI is InChI=1S/C30H21ClF3N3O5S2/c1-14-6-9-16(10-7-14)35-21(38)13-42-20-11-8-15(31)12-17(20)22-23-25(43-26-24(22)44-29(41)36-26)28(40)37(27(23)39)19-5-3-2-4-18(19)30(32,33)34/h2-12,22-23,25H,13H2,1H3,(H,35,38)(H,36,41)/t22-,23-,25+/m0/s1. The van der Waals surface area contributed by atoms with Crippen LogP contribution in [0.2, 0.25) is 5.02 Å². The zero-order valence-electron chi connectivity index (χ0n) is 22.6. The molecule has 3 atom stereocenters. The molecular weight excluding hydrogens is 639 g/mol. The molecule has 0 radical (unpaired) electrons. The summed E-state index contributed by atoms with van der Waals surface area (Å²) in [4.78, 5) is 56.1. The predicted molar refractivity (Wildman–Crippen MR) is 161 cm³/mol. The van der Waals surface area contributed by atoms with Gasteiger partial charge in [-0.3, -0.25) is 19.2 Å². The smallest absolute Gasteiger partial charge is 0.418 e. The Bertz CT molecular complexity index is 1860. The number of amides is 3. The van der Waals surface area contributed by atoms with E-state index in [1.165, 1.54) is 30.3 Å². The number of alkyl halides is 3. The highest BCUT2D eigenvalue weighted by Gasteiger charge is 2.57. The third-order valence-corrected chi connectivity index (χ3v) is 9.91. The van der Waals surface area contributed by atoms with E-state index in [0.717, 1.165) is 40.8 Å². The van der Waals surface area contributed by atoms with Crippen LogP contribution >= 0.6 is 34.7 Å². The van der Waals surface area contributed by atoms with E-state index in [2.05, 4.69) is 10.3 Å². The molecule has 0 bridgehead atoms. The number of halogens is 4. The Morgan fingerprint density at radius 2 is 1.77 bits per heavy atom. The number of carbonyl (C=O) groups excluding carboxylic acids is 3. The minimum atomic E-state index is -4.82. The van der Waals surface area contributed by atoms with Crippen molar-refractivity contribution >= 4 is 63.8 Å². The number of aryl methyl sites for hydroxylation is 1. The summed E-state index contributed by atoms with van der Waals surface area (Å²) < 4.78 is 47.7. The maximum atomic E-state index is 14.0. The highest BCUT2D eigenvalue weighted by atomic mass is 35.5. The molecule has 2 N–H and O–H groups in total. The zero-order valence-corrected chi connectivity index (χ0v) is 25.0. The number of carbonyl (C=O) groups is 3. The Hall–Kier alpha value is -4.07. The molecule has 1 fully saturated rings. The number of rotatable bonds is 6. The number of thioether (sulfide) groups is 1. The van der Waals surface area contributed by atoms with Gasteiger partial charge in [0.1, 0.15) is 11.0 Å². The molecule has 226 valence electrons. The van der Waals surface area contributed by atoms with Gasteiger partial charge in [-0.15, -0.1) is 0 Å². The number of para-hydroxylation sites is 1. The summed E-state index contributed by atoms with van der Waals surface area (Å²) in [7, 11) is 0. The Morgan fingerprint density at radius 3 is 2.50 bits per heavy atom. The number of aromatic nitrogens is 1. The van der Waals surface area contributed by atoms with Gasteiger partial charge in [-0.2, -0.15) is 13.2 Å². The van der Waals surface area contributed by atoms with Gasteiger partial charge in [0, 0.05) is 27.1 Å². The normalized spacial score (nSPS) is 19.5. The van der Waals surface area contributed by atoms with E-state index in [1.54, 1.807) is 12.1 Å². The van der Waals surface area contributed by atoms with E-state index in [-0.39, 0.29) is 10.8 Å². The molecule has 6 rings (SSSR count). The van der Waals surface area contributed by atoms with Crippen molar-refractivity contribution in [2.45, 2.75) is 29.3 Å². The summed E-state index contributed by atoms with van der Waals surface area (Å²) >= 11 is 8.11. The average molecular weight is 660 g/mol. The number of hydrogen-bond acceptors (Lipinski definition) is 7. The van der Waals surface area contributed by atoms with E-state index < -0.39 is 63.7 Å². The molecule has 1 saturated heterocycles. The van der Waals surface area contributed by atoms with Crippen LogP contribution in [0.1, 0.15) is 27.5 Å². The molecule has 1 aromatic heterocycles. The van der Waals surface area contributed by atoms with Crippen LogP contribution < -0.4 is 19.8 Å². The van der Waals surface area contributed by atoms with Crippen molar-refractivity contribution in [3.05, 3.63) is 103 Å². The van der Waals surface area contributed by atoms with Gasteiger partial charge < -0.3 is 15.0 Å². The molecule has 0 saturated carbocycles. The number of nitrogens with zero attached hydrogens (tertiary/aromatic N) is 1. The summed E-state index contributed by atoms with van der Waals surface area (Å²) in [5.74, 6) is -4.20. The van der Waals surface area contributed by atoms with Gasteiger partial charge in [-0.1, -0.05) is 64.5 Å². The van der Waals surface area contributed by atoms with Crippen LogP contribution in [0.5, 0.6) is 5.75 Å². The molecule has 2 aliphatic heterocycles. The number of ether oxygens (including phenoxy) is 1. The number of thiazole rings is 1. The van der Waals surface area contributed by atoms with Crippen molar-refractivity contribution < 1.29 is 32.3 Å². The highest BCUT2D eigenvalue weighted by molar-refractivity contribution is 8.00. The van der Waals surface area contributed by atoms with E-state index in [1.807, 2.05) is 19.1 Å². The first-order valence-electron chi connectivity index (χ1n) is 13.1. The molecular formula is C30H21ClF3N3O5S2. The lowest BCUT2D eigenvalue weighted by Gasteiger charge is -2.31. The third-order valence-electron chi connectivity index (χ3n) is 7.28. The van der Waals surface area contributed by atoms with Crippen LogP contribution in [0, 0.1) is 12.8 Å². The number of fused-ring (bicyclic) bond motifs is 2. The molecule has 0 spiro atoms. The van der Waals surface area contributed by atoms with Gasteiger partial charge in [-0.25, -0.2) is 4.90 Å². The molecule has 0 aliphatic carbocycles. The fourth-order valence-corrected chi connectivity index (χ4v) is 8.06.